The predicted octanol–water partition coefficient (Wildman–Crippen LogP) is 2.63. The average Bonchev–Trinajstić information content (AvgIpc) is 3.23. The molecule has 0 bridgehead atoms. The SMILES string of the molecule is CC(C(=O)NC1CC1c1cccc2c1OCCO2)C(F)(F)F. The second kappa shape index (κ2) is 5.37. The largest absolute Gasteiger partial charge is 0.486 e. The lowest BCUT2D eigenvalue weighted by molar-refractivity contribution is -0.178. The van der Waals surface area contributed by atoms with E-state index in [1.807, 2.05) is 12.1 Å². The molecule has 120 valence electrons. The Kier molecular flexibility index (Phi) is 3.66. The van der Waals surface area contributed by atoms with Crippen molar-refractivity contribution in [2.75, 3.05) is 13.2 Å². The Labute approximate surface area is 125 Å². The zero-order valence-electron chi connectivity index (χ0n) is 11.9. The molecular formula is C15H16F3NO3. The van der Waals surface area contributed by atoms with Crippen molar-refractivity contribution in [2.45, 2.75) is 31.5 Å². The van der Waals surface area contributed by atoms with Gasteiger partial charge in [0.2, 0.25) is 5.91 Å². The van der Waals surface area contributed by atoms with Crippen LogP contribution in [-0.2, 0) is 4.79 Å². The van der Waals surface area contributed by atoms with E-state index >= 15 is 0 Å². The van der Waals surface area contributed by atoms with Gasteiger partial charge in [-0.15, -0.1) is 0 Å². The van der Waals surface area contributed by atoms with Crippen LogP contribution >= 0.6 is 0 Å². The number of alkyl halides is 3. The standard InChI is InChI=1S/C15H16F3NO3/c1-8(15(16,17)18)14(20)19-11-7-10(11)9-3-2-4-12-13(9)22-6-5-21-12/h2-4,8,10-11H,5-7H2,1H3,(H,19,20). The van der Waals surface area contributed by atoms with Gasteiger partial charge >= 0.3 is 6.18 Å². The molecule has 1 N–H and O–H groups in total. The van der Waals surface area contributed by atoms with Crippen LogP contribution in [0.15, 0.2) is 18.2 Å². The molecule has 22 heavy (non-hydrogen) atoms. The molecule has 1 aromatic rings. The predicted molar refractivity (Wildman–Crippen MR) is 71.9 cm³/mol. The van der Waals surface area contributed by atoms with E-state index in [0.717, 1.165) is 12.5 Å². The van der Waals surface area contributed by atoms with Gasteiger partial charge in [0.25, 0.3) is 0 Å². The number of para-hydroxylation sites is 1. The molecule has 1 amide bonds. The first-order valence-corrected chi connectivity index (χ1v) is 7.13. The molecule has 0 aromatic heterocycles. The summed E-state index contributed by atoms with van der Waals surface area (Å²) in [7, 11) is 0. The van der Waals surface area contributed by atoms with E-state index in [0.29, 0.717) is 31.1 Å². The van der Waals surface area contributed by atoms with Crippen LogP contribution in [0.5, 0.6) is 11.5 Å². The summed E-state index contributed by atoms with van der Waals surface area (Å²) >= 11 is 0. The Morgan fingerprint density at radius 2 is 2.05 bits per heavy atom. The van der Waals surface area contributed by atoms with Crippen LogP contribution in [-0.4, -0.2) is 31.3 Å². The van der Waals surface area contributed by atoms with Gasteiger partial charge in [0.15, 0.2) is 11.5 Å². The molecule has 0 spiro atoms. The van der Waals surface area contributed by atoms with Gasteiger partial charge < -0.3 is 14.8 Å². The van der Waals surface area contributed by atoms with Gasteiger partial charge in [-0.3, -0.25) is 4.79 Å². The van der Waals surface area contributed by atoms with E-state index in [9.17, 15) is 18.0 Å². The molecule has 1 aromatic carbocycles. The minimum Gasteiger partial charge on any atom is -0.486 e. The number of nitrogens with one attached hydrogen (secondary N) is 1. The topological polar surface area (TPSA) is 47.6 Å². The van der Waals surface area contributed by atoms with Gasteiger partial charge in [-0.05, 0) is 19.4 Å². The number of amides is 1. The molecule has 3 unspecified atom stereocenters. The summed E-state index contributed by atoms with van der Waals surface area (Å²) in [6.07, 6.45) is -3.91. The molecule has 0 saturated heterocycles. The number of fused-ring (bicyclic) bond motifs is 1. The molecule has 1 aliphatic carbocycles. The lowest BCUT2D eigenvalue weighted by Crippen LogP contribution is -2.39. The number of carbonyl (C=O) groups excluding carboxylic acids is 1. The van der Waals surface area contributed by atoms with E-state index in [1.54, 1.807) is 6.07 Å². The normalized spacial score (nSPS) is 24.5. The number of ether oxygens (including phenoxy) is 2. The van der Waals surface area contributed by atoms with Gasteiger partial charge in [0, 0.05) is 17.5 Å². The van der Waals surface area contributed by atoms with E-state index in [2.05, 4.69) is 5.32 Å². The van der Waals surface area contributed by atoms with Gasteiger partial charge in [0.05, 0.1) is 0 Å². The first kappa shape index (κ1) is 15.0. The molecule has 4 nitrogen and oxygen atoms in total. The fourth-order valence-electron chi connectivity index (χ4n) is 2.54. The monoisotopic (exact) mass is 315 g/mol. The fraction of sp³-hybridized carbons (Fsp3) is 0.533. The first-order chi connectivity index (χ1) is 10.4. The lowest BCUT2D eigenvalue weighted by atomic mass is 10.1. The highest BCUT2D eigenvalue weighted by atomic mass is 19.4. The van der Waals surface area contributed by atoms with Crippen molar-refractivity contribution in [3.63, 3.8) is 0 Å². The van der Waals surface area contributed by atoms with E-state index in [1.165, 1.54) is 0 Å². The maximum atomic E-state index is 12.5. The molecule has 3 rings (SSSR count). The minimum absolute atomic E-state index is 0.0268. The van der Waals surface area contributed by atoms with E-state index in [4.69, 9.17) is 9.47 Å². The Morgan fingerprint density at radius 1 is 1.32 bits per heavy atom. The van der Waals surface area contributed by atoms with Crippen molar-refractivity contribution in [2.24, 2.45) is 5.92 Å². The van der Waals surface area contributed by atoms with Crippen molar-refractivity contribution >= 4 is 5.91 Å². The second-order valence-electron chi connectivity index (χ2n) is 5.59. The quantitative estimate of drug-likeness (QED) is 0.933. The highest BCUT2D eigenvalue weighted by molar-refractivity contribution is 5.80. The van der Waals surface area contributed by atoms with Crippen LogP contribution in [0.3, 0.4) is 0 Å². The average molecular weight is 315 g/mol. The van der Waals surface area contributed by atoms with Gasteiger partial charge in [0.1, 0.15) is 19.1 Å². The highest BCUT2D eigenvalue weighted by Gasteiger charge is 2.46. The van der Waals surface area contributed by atoms with Crippen molar-refractivity contribution in [1.82, 2.24) is 5.32 Å². The molecule has 3 atom stereocenters. The van der Waals surface area contributed by atoms with Crippen molar-refractivity contribution < 1.29 is 27.4 Å². The fourth-order valence-corrected chi connectivity index (χ4v) is 2.54. The van der Waals surface area contributed by atoms with Gasteiger partial charge in [-0.2, -0.15) is 13.2 Å². The maximum absolute atomic E-state index is 12.5. The molecule has 1 aliphatic heterocycles. The minimum atomic E-state index is -4.52. The number of hydrogen-bond acceptors (Lipinski definition) is 3. The molecule has 7 heteroatoms. The third kappa shape index (κ3) is 2.84. The summed E-state index contributed by atoms with van der Waals surface area (Å²) < 4.78 is 48.6. The lowest BCUT2D eigenvalue weighted by Gasteiger charge is -2.21. The Hall–Kier alpha value is -1.92. The number of rotatable bonds is 3. The van der Waals surface area contributed by atoms with Crippen LogP contribution in [0.4, 0.5) is 13.2 Å². The number of halogens is 3. The third-order valence-electron chi connectivity index (χ3n) is 4.00. The molecule has 1 heterocycles. The molecular weight excluding hydrogens is 299 g/mol. The smallest absolute Gasteiger partial charge is 0.400 e. The van der Waals surface area contributed by atoms with Gasteiger partial charge in [-0.25, -0.2) is 0 Å². The molecule has 1 fully saturated rings. The summed E-state index contributed by atoms with van der Waals surface area (Å²) in [5, 5.41) is 2.46. The van der Waals surface area contributed by atoms with Crippen LogP contribution in [0.2, 0.25) is 0 Å². The first-order valence-electron chi connectivity index (χ1n) is 7.13. The summed E-state index contributed by atoms with van der Waals surface area (Å²) in [6, 6.07) is 5.18. The van der Waals surface area contributed by atoms with Crippen LogP contribution in [0.25, 0.3) is 0 Å². The second-order valence-corrected chi connectivity index (χ2v) is 5.59. The van der Waals surface area contributed by atoms with Crippen molar-refractivity contribution in [1.29, 1.82) is 0 Å². The van der Waals surface area contributed by atoms with Crippen LogP contribution in [0, 0.1) is 5.92 Å². The van der Waals surface area contributed by atoms with Crippen LogP contribution < -0.4 is 14.8 Å². The van der Waals surface area contributed by atoms with E-state index in [-0.39, 0.29) is 12.0 Å². The Morgan fingerprint density at radius 3 is 2.77 bits per heavy atom. The summed E-state index contributed by atoms with van der Waals surface area (Å²) in [4.78, 5) is 11.6. The zero-order valence-corrected chi connectivity index (χ0v) is 11.9. The molecule has 0 radical (unpaired) electrons. The molecule has 1 saturated carbocycles. The van der Waals surface area contributed by atoms with Crippen molar-refractivity contribution in [3.05, 3.63) is 23.8 Å². The van der Waals surface area contributed by atoms with Crippen LogP contribution in [0.1, 0.15) is 24.8 Å². The third-order valence-corrected chi connectivity index (χ3v) is 4.00. The Bertz CT molecular complexity index is 588. The summed E-state index contributed by atoms with van der Waals surface area (Å²) in [5.74, 6) is -1.73. The number of carbonyl (C=O) groups is 1. The van der Waals surface area contributed by atoms with Crippen molar-refractivity contribution in [3.8, 4) is 11.5 Å². The highest BCUT2D eigenvalue weighted by Crippen LogP contribution is 2.48. The zero-order chi connectivity index (χ0) is 15.9. The maximum Gasteiger partial charge on any atom is 0.400 e. The number of hydrogen-bond donors (Lipinski definition) is 1. The van der Waals surface area contributed by atoms with Gasteiger partial charge in [-0.1, -0.05) is 12.1 Å². The number of benzene rings is 1. The summed E-state index contributed by atoms with van der Waals surface area (Å²) in [5.41, 5.74) is 0.877. The summed E-state index contributed by atoms with van der Waals surface area (Å²) in [6.45, 7) is 1.79. The van der Waals surface area contributed by atoms with E-state index < -0.39 is 18.0 Å². The Balaban J connectivity index is 1.67. The molecule has 2 aliphatic rings.